The summed E-state index contributed by atoms with van der Waals surface area (Å²) in [4.78, 5) is 13.2. The number of nitrogens with one attached hydrogen (secondary N) is 1. The number of anilines is 1. The lowest BCUT2D eigenvalue weighted by molar-refractivity contribution is -0.642. The molecule has 0 aliphatic carbocycles. The Kier molecular flexibility index (Phi) is 4.24. The van der Waals surface area contributed by atoms with Gasteiger partial charge in [0.05, 0.1) is 22.0 Å². The first-order chi connectivity index (χ1) is 14.2. The summed E-state index contributed by atoms with van der Waals surface area (Å²) in [6.45, 7) is 1.38. The van der Waals surface area contributed by atoms with Gasteiger partial charge in [0.2, 0.25) is 0 Å². The van der Waals surface area contributed by atoms with E-state index < -0.39 is 0 Å². The molecule has 0 fully saturated rings. The zero-order chi connectivity index (χ0) is 19.8. The summed E-state index contributed by atoms with van der Waals surface area (Å²) in [5.74, 6) is 0. The maximum absolute atomic E-state index is 13.2. The van der Waals surface area contributed by atoms with Crippen LogP contribution in [-0.4, -0.2) is 4.57 Å². The minimum Gasteiger partial charge on any atom is -0.378 e. The monoisotopic (exact) mass is 380 g/mol. The smallest absolute Gasteiger partial charge is 0.273 e. The molecule has 0 atom stereocenters. The molecule has 4 nitrogen and oxygen atoms in total. The number of hydrogen-bond acceptors (Lipinski definition) is 2. The summed E-state index contributed by atoms with van der Waals surface area (Å²) < 4.78 is 4.17. The Morgan fingerprint density at radius 1 is 0.931 bits per heavy atom. The number of aromatic nitrogens is 2. The van der Waals surface area contributed by atoms with Crippen LogP contribution in [0.3, 0.4) is 0 Å². The van der Waals surface area contributed by atoms with Crippen molar-refractivity contribution in [2.24, 2.45) is 7.05 Å². The van der Waals surface area contributed by atoms with Crippen molar-refractivity contribution < 1.29 is 4.57 Å². The lowest BCUT2D eigenvalue weighted by Gasteiger charge is -2.12. The van der Waals surface area contributed by atoms with Crippen LogP contribution in [0.5, 0.6) is 0 Å². The van der Waals surface area contributed by atoms with Crippen molar-refractivity contribution in [2.45, 2.75) is 13.1 Å². The zero-order valence-electron chi connectivity index (χ0n) is 16.3. The quantitative estimate of drug-likeness (QED) is 0.467. The molecule has 142 valence electrons. The zero-order valence-corrected chi connectivity index (χ0v) is 16.3. The normalized spacial score (nSPS) is 11.3. The lowest BCUT2D eigenvalue weighted by atomic mass is 10.1. The summed E-state index contributed by atoms with van der Waals surface area (Å²) >= 11 is 0. The molecule has 4 heteroatoms. The van der Waals surface area contributed by atoms with E-state index >= 15 is 0 Å². The van der Waals surface area contributed by atoms with E-state index in [0.29, 0.717) is 12.2 Å². The first-order valence-electron chi connectivity index (χ1n) is 9.80. The highest BCUT2D eigenvalue weighted by Crippen LogP contribution is 2.26. The van der Waals surface area contributed by atoms with Gasteiger partial charge in [0.25, 0.3) is 10.9 Å². The van der Waals surface area contributed by atoms with E-state index in [0.717, 1.165) is 33.9 Å². The number of pyridine rings is 1. The minimum atomic E-state index is 0.0448. The van der Waals surface area contributed by atoms with Crippen molar-refractivity contribution in [1.82, 2.24) is 4.57 Å². The van der Waals surface area contributed by atoms with E-state index in [9.17, 15) is 4.79 Å². The molecular weight excluding hydrogens is 358 g/mol. The standard InChI is InChI=1S/C25H21N3O/c1-27-17-20-12-13-28(16-19-10-6-3-7-11-19)22-14-21(25(29)24(27)23(20)22)26-15-18-8-4-2-5-9-18/h2-14,17H,15-16H2,1H3/p+1. The fraction of sp³-hybridized carbons (Fsp3) is 0.120. The van der Waals surface area contributed by atoms with E-state index in [4.69, 9.17) is 0 Å². The van der Waals surface area contributed by atoms with E-state index in [-0.39, 0.29) is 5.43 Å². The Hall–Kier alpha value is -3.66. The largest absolute Gasteiger partial charge is 0.378 e. The molecule has 3 aromatic carbocycles. The van der Waals surface area contributed by atoms with Gasteiger partial charge in [0.1, 0.15) is 7.05 Å². The summed E-state index contributed by atoms with van der Waals surface area (Å²) in [5.41, 5.74) is 4.87. The third-order valence-corrected chi connectivity index (χ3v) is 5.47. The second kappa shape index (κ2) is 7.06. The maximum Gasteiger partial charge on any atom is 0.273 e. The van der Waals surface area contributed by atoms with E-state index in [1.165, 1.54) is 5.56 Å². The van der Waals surface area contributed by atoms with Gasteiger partial charge in [-0.25, -0.2) is 0 Å². The fourth-order valence-electron chi connectivity index (χ4n) is 4.04. The van der Waals surface area contributed by atoms with Gasteiger partial charge in [-0.2, -0.15) is 4.57 Å². The number of nitrogens with zero attached hydrogens (tertiary/aromatic N) is 2. The van der Waals surface area contributed by atoms with Gasteiger partial charge in [-0.05, 0) is 23.3 Å². The van der Waals surface area contributed by atoms with Crippen LogP contribution in [0.15, 0.2) is 90.0 Å². The first-order valence-corrected chi connectivity index (χ1v) is 9.80. The molecule has 0 unspecified atom stereocenters. The maximum atomic E-state index is 13.2. The van der Waals surface area contributed by atoms with Gasteiger partial charge < -0.3 is 9.88 Å². The number of benzene rings is 3. The summed E-state index contributed by atoms with van der Waals surface area (Å²) in [5, 5.41) is 5.48. The van der Waals surface area contributed by atoms with Crippen LogP contribution in [0.4, 0.5) is 5.69 Å². The van der Waals surface area contributed by atoms with Crippen molar-refractivity contribution >= 4 is 27.5 Å². The molecule has 2 heterocycles. The topological polar surface area (TPSA) is 37.9 Å². The summed E-state index contributed by atoms with van der Waals surface area (Å²) in [7, 11) is 1.94. The van der Waals surface area contributed by atoms with Gasteiger partial charge in [0.15, 0.2) is 6.20 Å². The van der Waals surface area contributed by atoms with Crippen LogP contribution in [0.25, 0.3) is 21.8 Å². The predicted molar refractivity (Wildman–Crippen MR) is 117 cm³/mol. The van der Waals surface area contributed by atoms with Crippen molar-refractivity contribution in [3.8, 4) is 0 Å². The van der Waals surface area contributed by atoms with Crippen LogP contribution in [0, 0.1) is 0 Å². The molecule has 2 aromatic heterocycles. The molecule has 5 rings (SSSR count). The van der Waals surface area contributed by atoms with E-state index in [2.05, 4.69) is 58.5 Å². The van der Waals surface area contributed by atoms with Crippen LogP contribution >= 0.6 is 0 Å². The Bertz CT molecular complexity index is 1340. The molecule has 0 aliphatic rings. The van der Waals surface area contributed by atoms with Crippen LogP contribution in [0.1, 0.15) is 11.1 Å². The third kappa shape index (κ3) is 3.13. The molecule has 0 spiro atoms. The van der Waals surface area contributed by atoms with Crippen molar-refractivity contribution in [2.75, 3.05) is 5.32 Å². The Labute approximate surface area is 169 Å². The molecule has 29 heavy (non-hydrogen) atoms. The Balaban J connectivity index is 1.64. The molecule has 1 N–H and O–H groups in total. The second-order valence-corrected chi connectivity index (χ2v) is 7.46. The van der Waals surface area contributed by atoms with E-state index in [1.54, 1.807) is 0 Å². The molecule has 0 amide bonds. The second-order valence-electron chi connectivity index (χ2n) is 7.46. The molecule has 0 bridgehead atoms. The molecule has 0 radical (unpaired) electrons. The number of hydrogen-bond donors (Lipinski definition) is 1. The van der Waals surface area contributed by atoms with Crippen molar-refractivity contribution in [3.63, 3.8) is 0 Å². The average Bonchev–Trinajstić information content (AvgIpc) is 3.09. The third-order valence-electron chi connectivity index (χ3n) is 5.47. The summed E-state index contributed by atoms with van der Waals surface area (Å²) in [6.07, 6.45) is 4.14. The number of aryl methyl sites for hydroxylation is 1. The molecule has 5 aromatic rings. The first kappa shape index (κ1) is 17.4. The highest BCUT2D eigenvalue weighted by atomic mass is 16.1. The SMILES string of the molecule is C[n+]1cc2ccn(Cc3ccccc3)c3cc(NCc4ccccc4)c(=O)c1c23. The Morgan fingerprint density at radius 3 is 2.34 bits per heavy atom. The van der Waals surface area contributed by atoms with Gasteiger partial charge >= 0.3 is 0 Å². The number of rotatable bonds is 5. The van der Waals surface area contributed by atoms with Gasteiger partial charge in [-0.1, -0.05) is 60.7 Å². The fourth-order valence-corrected chi connectivity index (χ4v) is 4.04. The van der Waals surface area contributed by atoms with Crippen LogP contribution in [0.2, 0.25) is 0 Å². The molecule has 0 aliphatic heterocycles. The average molecular weight is 380 g/mol. The highest BCUT2D eigenvalue weighted by molar-refractivity contribution is 6.07. The highest BCUT2D eigenvalue weighted by Gasteiger charge is 2.22. The van der Waals surface area contributed by atoms with Crippen LogP contribution in [-0.2, 0) is 20.1 Å². The molecule has 0 saturated carbocycles. The Morgan fingerprint density at radius 2 is 1.62 bits per heavy atom. The predicted octanol–water partition coefficient (Wildman–Crippen LogP) is 4.08. The van der Waals surface area contributed by atoms with Gasteiger partial charge in [0, 0.05) is 19.3 Å². The van der Waals surface area contributed by atoms with E-state index in [1.807, 2.05) is 48.1 Å². The van der Waals surface area contributed by atoms with Crippen LogP contribution < -0.4 is 15.3 Å². The van der Waals surface area contributed by atoms with Crippen molar-refractivity contribution in [3.05, 3.63) is 107 Å². The van der Waals surface area contributed by atoms with Gasteiger partial charge in [-0.15, -0.1) is 0 Å². The van der Waals surface area contributed by atoms with Crippen molar-refractivity contribution in [1.29, 1.82) is 0 Å². The van der Waals surface area contributed by atoms with Gasteiger partial charge in [-0.3, -0.25) is 4.79 Å². The minimum absolute atomic E-state index is 0.0448. The lowest BCUT2D eigenvalue weighted by Crippen LogP contribution is -2.30. The molecular formula is C25H22N3O+. The summed E-state index contributed by atoms with van der Waals surface area (Å²) in [6, 6.07) is 24.6. The molecule has 0 saturated heterocycles.